The van der Waals surface area contributed by atoms with Crippen molar-refractivity contribution in [2.24, 2.45) is 22.0 Å². The van der Waals surface area contributed by atoms with Crippen LogP contribution >= 0.6 is 0 Å². The minimum atomic E-state index is 0.508. The highest BCUT2D eigenvalue weighted by atomic mass is 15.2. The van der Waals surface area contributed by atoms with Gasteiger partial charge in [0, 0.05) is 11.4 Å². The van der Waals surface area contributed by atoms with Crippen LogP contribution in [0.1, 0.15) is 54.4 Å². The molecule has 0 amide bonds. The van der Waals surface area contributed by atoms with Crippen molar-refractivity contribution in [1.29, 1.82) is 0 Å². The average Bonchev–Trinajstić information content (AvgIpc) is 2.11. The summed E-state index contributed by atoms with van der Waals surface area (Å²) in [5.41, 5.74) is 2.38. The number of hydrogen-bond donors (Lipinski definition) is 0. The summed E-state index contributed by atoms with van der Waals surface area (Å²) < 4.78 is 0. The van der Waals surface area contributed by atoms with Crippen molar-refractivity contribution in [3.8, 4) is 0 Å². The van der Waals surface area contributed by atoms with Gasteiger partial charge in [0.05, 0.1) is 0 Å². The van der Waals surface area contributed by atoms with Crippen molar-refractivity contribution in [3.63, 3.8) is 0 Å². The lowest BCUT2D eigenvalue weighted by atomic mass is 10.1. The van der Waals surface area contributed by atoms with E-state index in [1.807, 2.05) is 0 Å². The van der Waals surface area contributed by atoms with E-state index in [0.717, 1.165) is 12.8 Å². The summed E-state index contributed by atoms with van der Waals surface area (Å²) >= 11 is 0. The smallest absolute Gasteiger partial charge is 0.0428 e. The molecule has 2 heteroatoms. The van der Waals surface area contributed by atoms with Crippen LogP contribution in [0, 0.1) is 11.8 Å². The molecule has 0 spiro atoms. The molecule has 0 rings (SSSR count). The molecule has 0 aromatic heterocycles. The molecule has 0 aliphatic heterocycles. The molecule has 14 heavy (non-hydrogen) atoms. The molecule has 0 saturated heterocycles. The Balaban J connectivity index is 4.61. The molecule has 0 radical (unpaired) electrons. The van der Waals surface area contributed by atoms with E-state index in [0.29, 0.717) is 11.8 Å². The quantitative estimate of drug-likeness (QED) is 0.470. The summed E-state index contributed by atoms with van der Waals surface area (Å²) in [7, 11) is 0. The van der Waals surface area contributed by atoms with E-state index in [2.05, 4.69) is 51.7 Å². The molecule has 0 aromatic rings. The van der Waals surface area contributed by atoms with Gasteiger partial charge in [-0.1, -0.05) is 41.5 Å². The van der Waals surface area contributed by atoms with Crippen LogP contribution < -0.4 is 0 Å². The van der Waals surface area contributed by atoms with Gasteiger partial charge in [-0.15, -0.1) is 0 Å². The highest BCUT2D eigenvalue weighted by molar-refractivity contribution is 5.89. The summed E-state index contributed by atoms with van der Waals surface area (Å²) in [6, 6.07) is 0. The molecular weight excluding hydrogens is 172 g/mol. The molecule has 0 heterocycles. The third-order valence-electron chi connectivity index (χ3n) is 2.36. The van der Waals surface area contributed by atoms with Gasteiger partial charge in [-0.05, 0) is 24.7 Å². The zero-order valence-electron chi connectivity index (χ0n) is 10.5. The predicted octanol–water partition coefficient (Wildman–Crippen LogP) is 3.92. The molecule has 0 fully saturated rings. The summed E-state index contributed by atoms with van der Waals surface area (Å²) in [5.74, 6) is 1.02. The topological polar surface area (TPSA) is 24.7 Å². The Hall–Kier alpha value is -0.660. The van der Waals surface area contributed by atoms with Crippen LogP contribution in [0.5, 0.6) is 0 Å². The first-order valence-electron chi connectivity index (χ1n) is 5.66. The minimum Gasteiger partial charge on any atom is -0.160 e. The maximum Gasteiger partial charge on any atom is 0.0428 e. The molecule has 82 valence electrons. The van der Waals surface area contributed by atoms with Gasteiger partial charge in [0.25, 0.3) is 0 Å². The summed E-state index contributed by atoms with van der Waals surface area (Å²) in [6.07, 6.45) is 1.99. The molecule has 0 N–H and O–H groups in total. The molecule has 0 aromatic carbocycles. The molecule has 0 saturated carbocycles. The van der Waals surface area contributed by atoms with E-state index in [-0.39, 0.29) is 0 Å². The van der Waals surface area contributed by atoms with Gasteiger partial charge < -0.3 is 0 Å². The van der Waals surface area contributed by atoms with Gasteiger partial charge in [-0.2, -0.15) is 10.2 Å². The predicted molar refractivity (Wildman–Crippen MR) is 65.1 cm³/mol. The van der Waals surface area contributed by atoms with Crippen molar-refractivity contribution >= 4 is 11.4 Å². The van der Waals surface area contributed by atoms with Crippen LogP contribution in [0.4, 0.5) is 0 Å². The summed E-state index contributed by atoms with van der Waals surface area (Å²) in [4.78, 5) is 0. The highest BCUT2D eigenvalue weighted by Crippen LogP contribution is 2.05. The van der Waals surface area contributed by atoms with Crippen molar-refractivity contribution < 1.29 is 0 Å². The molecular formula is C12H24N2. The van der Waals surface area contributed by atoms with Gasteiger partial charge in [-0.3, -0.25) is 0 Å². The van der Waals surface area contributed by atoms with Gasteiger partial charge >= 0.3 is 0 Å². The lowest BCUT2D eigenvalue weighted by Gasteiger charge is -2.07. The average molecular weight is 196 g/mol. The Kier molecular flexibility index (Phi) is 6.43. The van der Waals surface area contributed by atoms with E-state index >= 15 is 0 Å². The monoisotopic (exact) mass is 196 g/mol. The van der Waals surface area contributed by atoms with Crippen LogP contribution in [-0.2, 0) is 0 Å². The van der Waals surface area contributed by atoms with Crippen LogP contribution in [0.25, 0.3) is 0 Å². The van der Waals surface area contributed by atoms with Crippen LogP contribution in [0.15, 0.2) is 10.2 Å². The number of nitrogens with zero attached hydrogens (tertiary/aromatic N) is 2. The molecule has 0 aliphatic rings. The Morgan fingerprint density at radius 2 is 1.07 bits per heavy atom. The van der Waals surface area contributed by atoms with Crippen LogP contribution in [-0.4, -0.2) is 11.4 Å². The van der Waals surface area contributed by atoms with Gasteiger partial charge in [0.1, 0.15) is 0 Å². The zero-order valence-corrected chi connectivity index (χ0v) is 10.5. The zero-order chi connectivity index (χ0) is 11.1. The Morgan fingerprint density at radius 1 is 0.786 bits per heavy atom. The van der Waals surface area contributed by atoms with Crippen molar-refractivity contribution in [1.82, 2.24) is 0 Å². The first kappa shape index (κ1) is 13.3. The first-order valence-corrected chi connectivity index (χ1v) is 5.66. The third-order valence-corrected chi connectivity index (χ3v) is 2.36. The maximum atomic E-state index is 4.34. The van der Waals surface area contributed by atoms with Gasteiger partial charge in [-0.25, -0.2) is 0 Å². The fourth-order valence-electron chi connectivity index (χ4n) is 1.32. The van der Waals surface area contributed by atoms with E-state index in [9.17, 15) is 0 Å². The standard InChI is InChI=1S/C12H24N2/c1-7-11(9(3)4)13-14-12(8-2)10(5)6/h9-10H,7-8H2,1-6H3. The molecule has 2 nitrogen and oxygen atoms in total. The Labute approximate surface area is 88.5 Å². The van der Waals surface area contributed by atoms with E-state index in [4.69, 9.17) is 0 Å². The molecule has 0 atom stereocenters. The van der Waals surface area contributed by atoms with Crippen molar-refractivity contribution in [2.75, 3.05) is 0 Å². The fourth-order valence-corrected chi connectivity index (χ4v) is 1.32. The molecule has 0 bridgehead atoms. The Morgan fingerprint density at radius 3 is 1.21 bits per heavy atom. The summed E-state index contributed by atoms with van der Waals surface area (Å²) in [5, 5.41) is 8.68. The highest BCUT2D eigenvalue weighted by Gasteiger charge is 2.04. The molecule has 0 aliphatic carbocycles. The second kappa shape index (κ2) is 6.74. The van der Waals surface area contributed by atoms with Crippen molar-refractivity contribution in [3.05, 3.63) is 0 Å². The van der Waals surface area contributed by atoms with Gasteiger partial charge in [0.2, 0.25) is 0 Å². The normalized spacial score (nSPS) is 14.3. The second-order valence-corrected chi connectivity index (χ2v) is 4.20. The maximum absolute atomic E-state index is 4.34. The lowest BCUT2D eigenvalue weighted by molar-refractivity contribution is 0.828. The first-order chi connectivity index (χ1) is 6.52. The fraction of sp³-hybridized carbons (Fsp3) is 0.833. The largest absolute Gasteiger partial charge is 0.160 e. The number of rotatable bonds is 5. The second-order valence-electron chi connectivity index (χ2n) is 4.20. The van der Waals surface area contributed by atoms with Gasteiger partial charge in [0.15, 0.2) is 0 Å². The summed E-state index contributed by atoms with van der Waals surface area (Å²) in [6.45, 7) is 12.9. The third kappa shape index (κ3) is 4.54. The van der Waals surface area contributed by atoms with Crippen LogP contribution in [0.2, 0.25) is 0 Å². The minimum absolute atomic E-state index is 0.508. The number of hydrogen-bond acceptors (Lipinski definition) is 2. The lowest BCUT2D eigenvalue weighted by Crippen LogP contribution is -2.08. The molecule has 0 unspecified atom stereocenters. The van der Waals surface area contributed by atoms with E-state index < -0.39 is 0 Å². The van der Waals surface area contributed by atoms with E-state index in [1.54, 1.807) is 0 Å². The van der Waals surface area contributed by atoms with Crippen LogP contribution in [0.3, 0.4) is 0 Å². The SMILES string of the molecule is CCC(=NN=C(CC)C(C)C)C(C)C. The van der Waals surface area contributed by atoms with Crippen molar-refractivity contribution in [2.45, 2.75) is 54.4 Å². The van der Waals surface area contributed by atoms with E-state index in [1.165, 1.54) is 11.4 Å². The Bertz CT molecular complexity index is 188.